The van der Waals surface area contributed by atoms with E-state index in [1.807, 2.05) is 0 Å². The summed E-state index contributed by atoms with van der Waals surface area (Å²) in [5.74, 6) is -1.39. The third kappa shape index (κ3) is 6.04. The number of aliphatic imine (C=N–C) groups is 2. The first-order valence-electron chi connectivity index (χ1n) is 9.36. The molecule has 1 aliphatic rings. The Kier molecular flexibility index (Phi) is 9.00. The van der Waals surface area contributed by atoms with Gasteiger partial charge in [-0.05, 0) is 43.9 Å². The lowest BCUT2D eigenvalue weighted by atomic mass is 9.96. The van der Waals surface area contributed by atoms with Crippen LogP contribution in [0.1, 0.15) is 32.4 Å². The maximum Gasteiger partial charge on any atom is 0.347 e. The highest BCUT2D eigenvalue weighted by Crippen LogP contribution is 2.36. The molecular weight excluding hydrogens is 489 g/mol. The van der Waals surface area contributed by atoms with Crippen molar-refractivity contribution in [2.75, 3.05) is 13.7 Å². The van der Waals surface area contributed by atoms with Crippen molar-refractivity contribution in [2.24, 2.45) is 9.98 Å². The number of nitrogens with one attached hydrogen (secondary N) is 1. The molecule has 0 radical (unpaired) electrons. The smallest absolute Gasteiger partial charge is 0.347 e. The molecule has 0 spiro atoms. The zero-order valence-corrected chi connectivity index (χ0v) is 20.0. The predicted octanol–water partition coefficient (Wildman–Crippen LogP) is 4.30. The third-order valence-corrected chi connectivity index (χ3v) is 5.67. The van der Waals surface area contributed by atoms with Crippen LogP contribution in [-0.2, 0) is 19.1 Å². The van der Waals surface area contributed by atoms with Gasteiger partial charge in [0.15, 0.2) is 11.9 Å². The van der Waals surface area contributed by atoms with E-state index in [9.17, 15) is 14.0 Å². The number of carbonyl (C=O) groups excluding carboxylic acids is 2. The number of hydrogen-bond acceptors (Lipinski definition) is 8. The van der Waals surface area contributed by atoms with Gasteiger partial charge in [0.2, 0.25) is 0 Å². The lowest BCUT2D eigenvalue weighted by molar-refractivity contribution is -0.164. The Morgan fingerprint density at radius 1 is 1.48 bits per heavy atom. The number of carbonyl (C=O) groups is 2. The molecule has 10 heteroatoms. The van der Waals surface area contributed by atoms with E-state index in [1.54, 1.807) is 26.3 Å². The average Bonchev–Trinajstić information content (AvgIpc) is 2.71. The van der Waals surface area contributed by atoms with Crippen molar-refractivity contribution in [3.8, 4) is 0 Å². The van der Waals surface area contributed by atoms with Gasteiger partial charge >= 0.3 is 11.9 Å². The van der Waals surface area contributed by atoms with E-state index in [1.165, 1.54) is 36.9 Å². The molecule has 1 heterocycles. The topological polar surface area (TPSA) is 89.4 Å². The highest BCUT2D eigenvalue weighted by Gasteiger charge is 2.34. The Labute approximate surface area is 193 Å². The number of nitrogens with zero attached hydrogens (tertiary/aromatic N) is 2. The maximum absolute atomic E-state index is 13.7. The van der Waals surface area contributed by atoms with Crippen LogP contribution >= 0.6 is 27.7 Å². The summed E-state index contributed by atoms with van der Waals surface area (Å²) >= 11 is 4.62. The lowest BCUT2D eigenvalue weighted by Crippen LogP contribution is -2.37. The first-order valence-corrected chi connectivity index (χ1v) is 11.0. The molecule has 166 valence electrons. The molecule has 1 aliphatic heterocycles. The van der Waals surface area contributed by atoms with E-state index < -0.39 is 29.9 Å². The van der Waals surface area contributed by atoms with Crippen molar-refractivity contribution < 1.29 is 23.5 Å². The molecule has 2 atom stereocenters. The SMILES string of the molecule is C=CSC(=NC)C1=N[C@@H](c2ccc(F)cc2Br)C(C(=O)OC(C)C(=O)OCC)=C(C)N1. The van der Waals surface area contributed by atoms with E-state index in [0.29, 0.717) is 26.6 Å². The first-order chi connectivity index (χ1) is 14.7. The Balaban J connectivity index is 2.50. The molecule has 0 saturated heterocycles. The molecule has 1 N–H and O–H groups in total. The number of allylic oxidation sites excluding steroid dienone is 1. The molecule has 0 saturated carbocycles. The molecule has 0 aromatic heterocycles. The van der Waals surface area contributed by atoms with E-state index in [2.05, 4.69) is 37.8 Å². The number of thioether (sulfide) groups is 1. The second-order valence-corrected chi connectivity index (χ2v) is 8.13. The Hall–Kier alpha value is -2.46. The number of amidine groups is 1. The summed E-state index contributed by atoms with van der Waals surface area (Å²) in [6.45, 7) is 8.65. The van der Waals surface area contributed by atoms with Crippen LogP contribution in [0.5, 0.6) is 0 Å². The van der Waals surface area contributed by atoms with Gasteiger partial charge in [-0.2, -0.15) is 0 Å². The van der Waals surface area contributed by atoms with Gasteiger partial charge in [-0.15, -0.1) is 0 Å². The molecular formula is C21H23BrFN3O4S. The van der Waals surface area contributed by atoms with Crippen molar-refractivity contribution in [3.63, 3.8) is 0 Å². The molecule has 31 heavy (non-hydrogen) atoms. The monoisotopic (exact) mass is 511 g/mol. The summed E-state index contributed by atoms with van der Waals surface area (Å²) in [6.07, 6.45) is -1.10. The lowest BCUT2D eigenvalue weighted by Gasteiger charge is -2.27. The van der Waals surface area contributed by atoms with E-state index in [4.69, 9.17) is 9.47 Å². The van der Waals surface area contributed by atoms with Gasteiger partial charge in [0.1, 0.15) is 16.9 Å². The number of esters is 2. The molecule has 0 aliphatic carbocycles. The van der Waals surface area contributed by atoms with E-state index >= 15 is 0 Å². The van der Waals surface area contributed by atoms with Crippen LogP contribution in [0.4, 0.5) is 4.39 Å². The number of benzene rings is 1. The van der Waals surface area contributed by atoms with Crippen molar-refractivity contribution in [2.45, 2.75) is 32.9 Å². The van der Waals surface area contributed by atoms with E-state index in [-0.39, 0.29) is 12.2 Å². The maximum atomic E-state index is 13.7. The highest BCUT2D eigenvalue weighted by atomic mass is 79.9. The van der Waals surface area contributed by atoms with Gasteiger partial charge in [0.05, 0.1) is 12.2 Å². The van der Waals surface area contributed by atoms with Gasteiger partial charge in [-0.25, -0.2) is 14.0 Å². The van der Waals surface area contributed by atoms with Crippen LogP contribution in [0.25, 0.3) is 0 Å². The van der Waals surface area contributed by atoms with Crippen LogP contribution < -0.4 is 5.32 Å². The first kappa shape index (κ1) is 24.8. The van der Waals surface area contributed by atoms with Gasteiger partial charge in [-0.3, -0.25) is 9.98 Å². The summed E-state index contributed by atoms with van der Waals surface area (Å²) < 4.78 is 24.3. The van der Waals surface area contributed by atoms with E-state index in [0.717, 1.165) is 0 Å². The number of ether oxygens (including phenoxy) is 2. The second kappa shape index (κ2) is 11.2. The second-order valence-electron chi connectivity index (χ2n) is 6.32. The molecule has 0 amide bonds. The fourth-order valence-corrected chi connectivity index (χ4v) is 3.87. The molecule has 7 nitrogen and oxygen atoms in total. The van der Waals surface area contributed by atoms with Gasteiger partial charge < -0.3 is 14.8 Å². The number of hydrogen-bond donors (Lipinski definition) is 1. The molecule has 1 unspecified atom stereocenters. The van der Waals surface area contributed by atoms with Crippen LogP contribution in [0.2, 0.25) is 0 Å². The van der Waals surface area contributed by atoms with Crippen LogP contribution in [-0.4, -0.2) is 42.6 Å². The zero-order valence-electron chi connectivity index (χ0n) is 17.6. The van der Waals surface area contributed by atoms with Gasteiger partial charge in [0, 0.05) is 17.2 Å². The van der Waals surface area contributed by atoms with Gasteiger partial charge in [0.25, 0.3) is 0 Å². The normalized spacial score (nSPS) is 17.4. The molecule has 0 bridgehead atoms. The standard InChI is InChI=1S/C21H23BrFN3O4S/c1-6-29-20(27)12(4)30-21(28)16-11(3)25-18(19(24-5)31-7-2)26-17(16)14-9-8-13(23)10-15(14)22/h7-10,12,17H,2,6H2,1,3-5H3,(H,25,26)/t12?,17-/m0/s1. The summed E-state index contributed by atoms with van der Waals surface area (Å²) in [7, 11) is 1.61. The fourth-order valence-electron chi connectivity index (χ4n) is 2.82. The highest BCUT2D eigenvalue weighted by molar-refractivity contribution is 9.10. The summed E-state index contributed by atoms with van der Waals surface area (Å²) in [5, 5.41) is 5.24. The number of rotatable bonds is 7. The van der Waals surface area contributed by atoms with Crippen LogP contribution in [0, 0.1) is 5.82 Å². The molecule has 1 aromatic rings. The minimum absolute atomic E-state index is 0.170. The minimum Gasteiger partial charge on any atom is -0.463 e. The largest absolute Gasteiger partial charge is 0.463 e. The van der Waals surface area contributed by atoms with Crippen LogP contribution in [0.3, 0.4) is 0 Å². The fraction of sp³-hybridized carbons (Fsp3) is 0.333. The van der Waals surface area contributed by atoms with Crippen molar-refractivity contribution in [1.29, 1.82) is 0 Å². The van der Waals surface area contributed by atoms with Crippen molar-refractivity contribution in [3.05, 3.63) is 57.3 Å². The minimum atomic E-state index is -1.10. The summed E-state index contributed by atoms with van der Waals surface area (Å²) in [6, 6.07) is 3.29. The Morgan fingerprint density at radius 2 is 2.19 bits per heavy atom. The van der Waals surface area contributed by atoms with Crippen molar-refractivity contribution >= 4 is 50.5 Å². The predicted molar refractivity (Wildman–Crippen MR) is 123 cm³/mol. The molecule has 1 aromatic carbocycles. The third-order valence-electron chi connectivity index (χ3n) is 4.22. The molecule has 0 fully saturated rings. The van der Waals surface area contributed by atoms with Crippen molar-refractivity contribution in [1.82, 2.24) is 5.32 Å². The molecule has 2 rings (SSSR count). The Morgan fingerprint density at radius 3 is 2.77 bits per heavy atom. The van der Waals surface area contributed by atoms with Crippen LogP contribution in [0.15, 0.2) is 55.9 Å². The number of halogens is 2. The summed E-state index contributed by atoms with van der Waals surface area (Å²) in [5.41, 5.74) is 1.21. The average molecular weight is 512 g/mol. The quantitative estimate of drug-likeness (QED) is 0.333. The zero-order chi connectivity index (χ0) is 23.1. The van der Waals surface area contributed by atoms with Gasteiger partial charge in [-0.1, -0.05) is 40.3 Å². The summed E-state index contributed by atoms with van der Waals surface area (Å²) in [4.78, 5) is 33.8. The Bertz CT molecular complexity index is 977.